The van der Waals surface area contributed by atoms with Gasteiger partial charge in [0.05, 0.1) is 0 Å². The van der Waals surface area contributed by atoms with E-state index in [-0.39, 0.29) is 0 Å². The van der Waals surface area contributed by atoms with Gasteiger partial charge in [0.25, 0.3) is 0 Å². The van der Waals surface area contributed by atoms with Gasteiger partial charge in [-0.15, -0.1) is 10.2 Å². The lowest BCUT2D eigenvalue weighted by Crippen LogP contribution is -2.62. The zero-order chi connectivity index (χ0) is 9.97. The molecule has 2 saturated heterocycles. The molecule has 0 radical (unpaired) electrons. The predicted molar refractivity (Wildman–Crippen MR) is 50.1 cm³/mol. The van der Waals surface area contributed by atoms with Crippen LogP contribution in [0.25, 0.3) is 0 Å². The summed E-state index contributed by atoms with van der Waals surface area (Å²) in [5, 5.41) is 4.93. The molecule has 0 spiro atoms. The highest BCUT2D eigenvalue weighted by Crippen LogP contribution is 2.08. The number of hydrazine groups is 4. The molecule has 2 amide bonds. The molecule has 0 atom stereocenters. The summed E-state index contributed by atoms with van der Waals surface area (Å²) in [5.74, 6) is 0. The lowest BCUT2D eigenvalue weighted by Gasteiger charge is -2.35. The van der Waals surface area contributed by atoms with Gasteiger partial charge >= 0.3 is 6.03 Å². The van der Waals surface area contributed by atoms with Crippen molar-refractivity contribution in [2.45, 2.75) is 12.8 Å². The van der Waals surface area contributed by atoms with Gasteiger partial charge in [-0.1, -0.05) is 0 Å². The van der Waals surface area contributed by atoms with Gasteiger partial charge in [0.1, 0.15) is 0 Å². The van der Waals surface area contributed by atoms with Crippen molar-refractivity contribution in [1.29, 1.82) is 0 Å². The molecule has 0 aromatic rings. The van der Waals surface area contributed by atoms with Crippen molar-refractivity contribution < 1.29 is 4.79 Å². The molecule has 2 heterocycles. The van der Waals surface area contributed by atoms with Crippen LogP contribution in [0.2, 0.25) is 0 Å². The normalized spacial score (nSPS) is 24.3. The van der Waals surface area contributed by atoms with Crippen LogP contribution in [0.4, 0.5) is 4.79 Å². The number of hydrogen-bond acceptors (Lipinski definition) is 5. The second kappa shape index (κ2) is 4.09. The average molecular weight is 200 g/mol. The molecule has 0 aromatic heterocycles. The smallest absolute Gasteiger partial charge is 0.346 e. The van der Waals surface area contributed by atoms with Gasteiger partial charge < -0.3 is 5.73 Å². The maximum Gasteiger partial charge on any atom is 0.346 e. The maximum atomic E-state index is 11.3. The van der Waals surface area contributed by atoms with E-state index in [0.717, 1.165) is 39.0 Å². The summed E-state index contributed by atoms with van der Waals surface area (Å²) in [6.07, 6.45) is 2.05. The fourth-order valence-electron chi connectivity index (χ4n) is 1.72. The zero-order valence-corrected chi connectivity index (χ0v) is 8.07. The highest BCUT2D eigenvalue weighted by Gasteiger charge is 2.29. The molecule has 2 aliphatic heterocycles. The van der Waals surface area contributed by atoms with Gasteiger partial charge in [0.15, 0.2) is 0 Å². The Morgan fingerprint density at radius 2 is 1.64 bits per heavy atom. The summed E-state index contributed by atoms with van der Waals surface area (Å²) >= 11 is 0. The number of primary amides is 1. The van der Waals surface area contributed by atoms with Crippen LogP contribution < -0.4 is 16.6 Å². The van der Waals surface area contributed by atoms with Crippen LogP contribution in [-0.2, 0) is 0 Å². The number of amides is 2. The first-order valence-electron chi connectivity index (χ1n) is 4.90. The maximum absolute atomic E-state index is 11.3. The van der Waals surface area contributed by atoms with Crippen LogP contribution in [0.15, 0.2) is 0 Å². The molecule has 4 N–H and O–H groups in total. The Balaban J connectivity index is 2.02. The molecule has 0 bridgehead atoms. The summed E-state index contributed by atoms with van der Waals surface area (Å²) in [6.45, 7) is 3.39. The van der Waals surface area contributed by atoms with Crippen molar-refractivity contribution >= 4 is 6.03 Å². The topological polar surface area (TPSA) is 76.9 Å². The standard InChI is InChI=1S/C7H16N6O/c8-7(14)13(11-5-1-3-9-11)12-6-2-4-10-12/h9-10H,1-6H2,(H2,8,14). The summed E-state index contributed by atoms with van der Waals surface area (Å²) in [6, 6.07) is -0.464. The van der Waals surface area contributed by atoms with Crippen molar-refractivity contribution in [2.75, 3.05) is 26.2 Å². The minimum atomic E-state index is -0.464. The molecule has 0 saturated carbocycles. The van der Waals surface area contributed by atoms with E-state index in [1.54, 1.807) is 10.2 Å². The van der Waals surface area contributed by atoms with E-state index in [1.807, 2.05) is 0 Å². The number of nitrogens with zero attached hydrogens (tertiary/aromatic N) is 3. The lowest BCUT2D eigenvalue weighted by atomic mass is 10.5. The van der Waals surface area contributed by atoms with Crippen LogP contribution in [0.3, 0.4) is 0 Å². The van der Waals surface area contributed by atoms with Crippen LogP contribution >= 0.6 is 0 Å². The first kappa shape index (κ1) is 9.66. The van der Waals surface area contributed by atoms with Crippen LogP contribution in [0, 0.1) is 0 Å². The number of carbonyl (C=O) groups is 1. The van der Waals surface area contributed by atoms with E-state index >= 15 is 0 Å². The summed E-state index contributed by atoms with van der Waals surface area (Å²) in [4.78, 5) is 11.3. The van der Waals surface area contributed by atoms with Gasteiger partial charge in [-0.05, 0) is 12.8 Å². The third-order valence-corrected chi connectivity index (χ3v) is 2.34. The Morgan fingerprint density at radius 1 is 1.14 bits per heavy atom. The number of carbonyl (C=O) groups excluding carboxylic acids is 1. The van der Waals surface area contributed by atoms with Crippen LogP contribution in [0.5, 0.6) is 0 Å². The fraction of sp³-hybridized carbons (Fsp3) is 0.857. The molecule has 14 heavy (non-hydrogen) atoms. The molecule has 80 valence electrons. The summed E-state index contributed by atoms with van der Waals surface area (Å²) in [7, 11) is 0. The van der Waals surface area contributed by atoms with E-state index in [2.05, 4.69) is 10.9 Å². The van der Waals surface area contributed by atoms with Gasteiger partial charge in [-0.3, -0.25) is 0 Å². The average Bonchev–Trinajstić information content (AvgIpc) is 2.75. The van der Waals surface area contributed by atoms with Gasteiger partial charge in [-0.25, -0.2) is 15.6 Å². The molecular formula is C7H16N6O. The zero-order valence-electron chi connectivity index (χ0n) is 8.07. The molecule has 0 unspecified atom stereocenters. The fourth-order valence-corrected chi connectivity index (χ4v) is 1.72. The Hall–Kier alpha value is -0.890. The molecule has 7 nitrogen and oxygen atoms in total. The number of hydrogen-bond donors (Lipinski definition) is 3. The van der Waals surface area contributed by atoms with Crippen molar-refractivity contribution in [3.8, 4) is 0 Å². The van der Waals surface area contributed by atoms with E-state index in [9.17, 15) is 4.79 Å². The van der Waals surface area contributed by atoms with Crippen molar-refractivity contribution in [3.05, 3.63) is 0 Å². The molecular weight excluding hydrogens is 184 g/mol. The monoisotopic (exact) mass is 200 g/mol. The van der Waals surface area contributed by atoms with Gasteiger partial charge in [0.2, 0.25) is 0 Å². The van der Waals surface area contributed by atoms with Crippen LogP contribution in [-0.4, -0.2) is 47.6 Å². The Kier molecular flexibility index (Phi) is 2.82. The lowest BCUT2D eigenvalue weighted by molar-refractivity contribution is -0.164. The predicted octanol–water partition coefficient (Wildman–Crippen LogP) is -1.38. The molecule has 7 heteroatoms. The van der Waals surface area contributed by atoms with E-state index in [1.165, 1.54) is 5.12 Å². The minimum absolute atomic E-state index is 0.464. The molecule has 2 aliphatic rings. The Bertz CT molecular complexity index is 194. The SMILES string of the molecule is NC(=O)N(N1CCCN1)N1CCCN1. The quantitative estimate of drug-likeness (QED) is 0.512. The third kappa shape index (κ3) is 1.80. The number of urea groups is 1. The second-order valence-electron chi connectivity index (χ2n) is 3.40. The van der Waals surface area contributed by atoms with Crippen molar-refractivity contribution in [1.82, 2.24) is 26.2 Å². The first-order chi connectivity index (χ1) is 6.79. The molecule has 0 aliphatic carbocycles. The number of nitrogens with two attached hydrogens (primary N) is 1. The Morgan fingerprint density at radius 3 is 1.93 bits per heavy atom. The minimum Gasteiger partial charge on any atom is -0.349 e. The molecule has 2 fully saturated rings. The van der Waals surface area contributed by atoms with Crippen molar-refractivity contribution in [2.24, 2.45) is 5.73 Å². The highest BCUT2D eigenvalue weighted by molar-refractivity contribution is 5.70. The Labute approximate surface area is 82.7 Å². The summed E-state index contributed by atoms with van der Waals surface area (Å²) in [5.41, 5.74) is 11.5. The van der Waals surface area contributed by atoms with Gasteiger partial charge in [0, 0.05) is 26.2 Å². The third-order valence-electron chi connectivity index (χ3n) is 2.34. The van der Waals surface area contributed by atoms with Gasteiger partial charge in [-0.2, -0.15) is 5.12 Å². The van der Waals surface area contributed by atoms with E-state index in [0.29, 0.717) is 0 Å². The number of nitrogens with one attached hydrogen (secondary N) is 2. The van der Waals surface area contributed by atoms with E-state index in [4.69, 9.17) is 5.73 Å². The molecule has 0 aromatic carbocycles. The first-order valence-corrected chi connectivity index (χ1v) is 4.90. The largest absolute Gasteiger partial charge is 0.349 e. The summed E-state index contributed by atoms with van der Waals surface area (Å²) < 4.78 is 0. The highest BCUT2D eigenvalue weighted by atomic mass is 16.2. The van der Waals surface area contributed by atoms with E-state index < -0.39 is 6.03 Å². The molecule has 2 rings (SSSR count). The van der Waals surface area contributed by atoms with Crippen LogP contribution in [0.1, 0.15) is 12.8 Å². The van der Waals surface area contributed by atoms with Crippen molar-refractivity contribution in [3.63, 3.8) is 0 Å². The second-order valence-corrected chi connectivity index (χ2v) is 3.40. The number of rotatable bonds is 2.